The molecular weight excluding hydrogens is 356 g/mol. The molecule has 3 heterocycles. The lowest BCUT2D eigenvalue weighted by Gasteiger charge is -2.33. The van der Waals surface area contributed by atoms with Crippen molar-refractivity contribution in [2.45, 2.75) is 0 Å². The van der Waals surface area contributed by atoms with Gasteiger partial charge in [0.1, 0.15) is 6.33 Å². The van der Waals surface area contributed by atoms with Gasteiger partial charge in [-0.25, -0.2) is 4.98 Å². The number of anilines is 1. The van der Waals surface area contributed by atoms with E-state index in [0.717, 1.165) is 53.4 Å². The van der Waals surface area contributed by atoms with E-state index in [0.29, 0.717) is 0 Å². The molecule has 1 aliphatic rings. The predicted octanol–water partition coefficient (Wildman–Crippen LogP) is 2.31. The number of aromatic nitrogens is 4. The third-order valence-electron chi connectivity index (χ3n) is 4.26. The van der Waals surface area contributed by atoms with Gasteiger partial charge in [-0.15, -0.1) is 10.2 Å². The Morgan fingerprint density at radius 1 is 1.04 bits per heavy atom. The Morgan fingerprint density at radius 3 is 2.52 bits per heavy atom. The van der Waals surface area contributed by atoms with Crippen LogP contribution in [-0.4, -0.2) is 57.7 Å². The summed E-state index contributed by atoms with van der Waals surface area (Å²) in [5.41, 5.74) is 2.90. The molecule has 3 aromatic rings. The summed E-state index contributed by atoms with van der Waals surface area (Å²) in [5, 5.41) is 8.40. The van der Waals surface area contributed by atoms with Gasteiger partial charge in [0.25, 0.3) is 0 Å². The Balaban J connectivity index is 1.77. The van der Waals surface area contributed by atoms with Crippen molar-refractivity contribution in [2.75, 3.05) is 38.1 Å². The Morgan fingerprint density at radius 2 is 1.78 bits per heavy atom. The van der Waals surface area contributed by atoms with Gasteiger partial charge in [0.05, 0.1) is 11.9 Å². The molecule has 1 aliphatic heterocycles. The van der Waals surface area contributed by atoms with E-state index in [1.807, 2.05) is 22.7 Å². The second-order valence-electron chi connectivity index (χ2n) is 5.79. The fraction of sp³-hybridized carbons (Fsp3) is 0.312. The van der Waals surface area contributed by atoms with Crippen LogP contribution in [0, 0.1) is 0 Å². The normalized spacial score (nSPS) is 16.2. The van der Waals surface area contributed by atoms with Crippen molar-refractivity contribution >= 4 is 27.4 Å². The monoisotopic (exact) mass is 372 g/mol. The minimum atomic E-state index is 0.815. The van der Waals surface area contributed by atoms with Gasteiger partial charge in [-0.2, -0.15) is 0 Å². The molecule has 2 aromatic heterocycles. The summed E-state index contributed by atoms with van der Waals surface area (Å²) in [7, 11) is 2.15. The van der Waals surface area contributed by atoms with Crippen LogP contribution in [0.3, 0.4) is 0 Å². The number of benzene rings is 1. The first-order chi connectivity index (χ1) is 11.2. The van der Waals surface area contributed by atoms with Crippen LogP contribution < -0.4 is 4.90 Å². The highest BCUT2D eigenvalue weighted by Crippen LogP contribution is 2.26. The van der Waals surface area contributed by atoms with Crippen LogP contribution in [0.15, 0.2) is 41.3 Å². The molecule has 0 aliphatic carbocycles. The summed E-state index contributed by atoms with van der Waals surface area (Å²) in [5.74, 6) is 0.913. The average Bonchev–Trinajstić information content (AvgIpc) is 3.05. The summed E-state index contributed by atoms with van der Waals surface area (Å²) in [6.45, 7) is 4.00. The molecule has 118 valence electrons. The van der Waals surface area contributed by atoms with Gasteiger partial charge in [0.15, 0.2) is 5.82 Å². The molecule has 0 N–H and O–H groups in total. The predicted molar refractivity (Wildman–Crippen MR) is 93.6 cm³/mol. The fourth-order valence-electron chi connectivity index (χ4n) is 2.88. The van der Waals surface area contributed by atoms with Crippen molar-refractivity contribution in [3.05, 3.63) is 41.3 Å². The van der Waals surface area contributed by atoms with Gasteiger partial charge < -0.3 is 9.80 Å². The summed E-state index contributed by atoms with van der Waals surface area (Å²) in [6.07, 6.45) is 3.67. The summed E-state index contributed by atoms with van der Waals surface area (Å²) < 4.78 is 3.08. The van der Waals surface area contributed by atoms with Crippen molar-refractivity contribution in [1.82, 2.24) is 24.5 Å². The number of nitrogens with zero attached hydrogens (tertiary/aromatic N) is 6. The van der Waals surface area contributed by atoms with Gasteiger partial charge in [-0.3, -0.25) is 4.40 Å². The van der Waals surface area contributed by atoms with Crippen molar-refractivity contribution < 1.29 is 0 Å². The second kappa shape index (κ2) is 5.90. The van der Waals surface area contributed by atoms with Crippen molar-refractivity contribution in [3.63, 3.8) is 0 Å². The van der Waals surface area contributed by atoms with Gasteiger partial charge >= 0.3 is 0 Å². The summed E-state index contributed by atoms with van der Waals surface area (Å²) >= 11 is 3.47. The molecule has 1 saturated heterocycles. The van der Waals surface area contributed by atoms with Crippen LogP contribution in [0.4, 0.5) is 5.82 Å². The molecular formula is C16H17BrN6. The van der Waals surface area contributed by atoms with E-state index < -0.39 is 0 Å². The first-order valence-electron chi connectivity index (χ1n) is 7.60. The van der Waals surface area contributed by atoms with Crippen molar-refractivity contribution in [1.29, 1.82) is 0 Å². The standard InChI is InChI=1S/C16H17BrN6/c1-21-6-8-22(9-7-21)15-16-20-19-11-23(16)14(10-18-15)12-2-4-13(17)5-3-12/h2-5,10-11H,6-9H2,1H3. The molecule has 0 unspecified atom stereocenters. The first-order valence-corrected chi connectivity index (χ1v) is 8.40. The van der Waals surface area contributed by atoms with E-state index in [9.17, 15) is 0 Å². The molecule has 7 heteroatoms. The lowest BCUT2D eigenvalue weighted by atomic mass is 10.1. The average molecular weight is 373 g/mol. The third-order valence-corrected chi connectivity index (χ3v) is 4.79. The number of halogens is 1. The Labute approximate surface area is 142 Å². The van der Waals surface area contributed by atoms with Crippen LogP contribution in [0.2, 0.25) is 0 Å². The highest BCUT2D eigenvalue weighted by atomic mass is 79.9. The molecule has 4 rings (SSSR count). The zero-order valence-electron chi connectivity index (χ0n) is 12.9. The largest absolute Gasteiger partial charge is 0.351 e. The van der Waals surface area contributed by atoms with Gasteiger partial charge in [-0.1, -0.05) is 28.1 Å². The number of hydrogen-bond donors (Lipinski definition) is 0. The van der Waals surface area contributed by atoms with Crippen LogP contribution in [-0.2, 0) is 0 Å². The highest BCUT2D eigenvalue weighted by molar-refractivity contribution is 9.10. The molecule has 23 heavy (non-hydrogen) atoms. The second-order valence-corrected chi connectivity index (χ2v) is 6.70. The van der Waals surface area contributed by atoms with E-state index in [-0.39, 0.29) is 0 Å². The maximum atomic E-state index is 4.70. The topological polar surface area (TPSA) is 49.6 Å². The van der Waals surface area contributed by atoms with Gasteiger partial charge in [-0.05, 0) is 19.2 Å². The quantitative estimate of drug-likeness (QED) is 0.690. The molecule has 0 atom stereocenters. The zero-order chi connectivity index (χ0) is 15.8. The smallest absolute Gasteiger partial charge is 0.204 e. The number of piperazine rings is 1. The maximum absolute atomic E-state index is 4.70. The van der Waals surface area contributed by atoms with Gasteiger partial charge in [0, 0.05) is 36.2 Å². The summed E-state index contributed by atoms with van der Waals surface area (Å²) in [4.78, 5) is 9.31. The van der Waals surface area contributed by atoms with Crippen molar-refractivity contribution in [2.24, 2.45) is 0 Å². The molecule has 6 nitrogen and oxygen atoms in total. The lowest BCUT2D eigenvalue weighted by molar-refractivity contribution is 0.312. The lowest BCUT2D eigenvalue weighted by Crippen LogP contribution is -2.45. The molecule has 0 radical (unpaired) electrons. The van der Waals surface area contributed by atoms with Crippen LogP contribution in [0.1, 0.15) is 0 Å². The number of fused-ring (bicyclic) bond motifs is 1. The van der Waals surface area contributed by atoms with Crippen LogP contribution in [0.5, 0.6) is 0 Å². The molecule has 1 aromatic carbocycles. The summed E-state index contributed by atoms with van der Waals surface area (Å²) in [6, 6.07) is 8.19. The number of hydrogen-bond acceptors (Lipinski definition) is 5. The third kappa shape index (κ3) is 2.70. The molecule has 0 bridgehead atoms. The minimum absolute atomic E-state index is 0.815. The van der Waals surface area contributed by atoms with Crippen molar-refractivity contribution in [3.8, 4) is 11.3 Å². The maximum Gasteiger partial charge on any atom is 0.204 e. The minimum Gasteiger partial charge on any atom is -0.351 e. The van der Waals surface area contributed by atoms with Crippen LogP contribution in [0.25, 0.3) is 16.9 Å². The molecule has 0 spiro atoms. The Kier molecular flexibility index (Phi) is 3.74. The van der Waals surface area contributed by atoms with Crippen LogP contribution >= 0.6 is 15.9 Å². The van der Waals surface area contributed by atoms with E-state index in [2.05, 4.69) is 55.1 Å². The zero-order valence-corrected chi connectivity index (χ0v) is 14.4. The number of likely N-dealkylation sites (N-methyl/N-ethyl adjacent to an activating group) is 1. The van der Waals surface area contributed by atoms with E-state index in [4.69, 9.17) is 4.98 Å². The Bertz CT molecular complexity index is 820. The number of rotatable bonds is 2. The Hall–Kier alpha value is -1.99. The molecule has 0 amide bonds. The van der Waals surface area contributed by atoms with E-state index >= 15 is 0 Å². The fourth-order valence-corrected chi connectivity index (χ4v) is 3.15. The molecule has 0 saturated carbocycles. The van der Waals surface area contributed by atoms with Gasteiger partial charge in [0.2, 0.25) is 5.65 Å². The SMILES string of the molecule is CN1CCN(c2ncc(-c3ccc(Br)cc3)n3cnnc23)CC1. The highest BCUT2D eigenvalue weighted by Gasteiger charge is 2.20. The molecule has 1 fully saturated rings. The van der Waals surface area contributed by atoms with E-state index in [1.165, 1.54) is 0 Å². The first kappa shape index (κ1) is 14.6. The van der Waals surface area contributed by atoms with E-state index in [1.54, 1.807) is 6.33 Å².